The van der Waals surface area contributed by atoms with Gasteiger partial charge in [-0.25, -0.2) is 0 Å². The lowest BCUT2D eigenvalue weighted by atomic mass is 9.86. The smallest absolute Gasteiger partial charge is 0.417 e. The van der Waals surface area contributed by atoms with Crippen LogP contribution in [0.25, 0.3) is 0 Å². The second kappa shape index (κ2) is 15.8. The molecule has 0 fully saturated rings. The van der Waals surface area contributed by atoms with E-state index in [9.17, 15) is 0 Å². The number of hydrogen-bond donors (Lipinski definition) is 0. The molecule has 0 aliphatic heterocycles. The SMILES string of the molecule is CC(C)(OP(Oc1ccccc1C(C)(C)C)Oc1ccccc1C(C)(C)C)OP(Oc1ccccc1C(C)(C)C)Oc1ccccc1C(C)(C)C. The summed E-state index contributed by atoms with van der Waals surface area (Å²) in [4.78, 5) is 0. The largest absolute Gasteiger partial charge is 0.465 e. The molecule has 276 valence electrons. The zero-order chi connectivity index (χ0) is 37.8. The summed E-state index contributed by atoms with van der Waals surface area (Å²) in [5.74, 6) is 1.47. The third-order valence-electron chi connectivity index (χ3n) is 8.06. The molecule has 8 heteroatoms. The Bertz CT molecular complexity index is 1490. The molecule has 0 aromatic heterocycles. The summed E-state index contributed by atoms with van der Waals surface area (Å²) in [5, 5.41) is 0. The Hall–Kier alpha value is -3.14. The van der Waals surface area contributed by atoms with Gasteiger partial charge in [0.2, 0.25) is 0 Å². The van der Waals surface area contributed by atoms with Crippen LogP contribution >= 0.6 is 17.2 Å². The lowest BCUT2D eigenvalue weighted by Gasteiger charge is -2.33. The second-order valence-corrected chi connectivity index (χ2v) is 19.4. The first-order valence-corrected chi connectivity index (χ1v) is 19.8. The molecule has 0 atom stereocenters. The molecule has 0 radical (unpaired) electrons. The lowest BCUT2D eigenvalue weighted by Crippen LogP contribution is -2.28. The van der Waals surface area contributed by atoms with Crippen molar-refractivity contribution in [3.8, 4) is 23.0 Å². The quantitative estimate of drug-likeness (QED) is 0.107. The number of para-hydroxylation sites is 4. The highest BCUT2D eigenvalue weighted by molar-refractivity contribution is 7.43. The first kappa shape index (κ1) is 40.6. The minimum atomic E-state index is -2.05. The molecule has 0 aliphatic rings. The maximum Gasteiger partial charge on any atom is 0.465 e. The van der Waals surface area contributed by atoms with Crippen molar-refractivity contribution in [3.63, 3.8) is 0 Å². The topological polar surface area (TPSA) is 55.4 Å². The van der Waals surface area contributed by atoms with E-state index in [1.807, 2.05) is 86.6 Å². The van der Waals surface area contributed by atoms with Gasteiger partial charge in [-0.15, -0.1) is 0 Å². The van der Waals surface area contributed by atoms with Gasteiger partial charge in [0.05, 0.1) is 0 Å². The summed E-state index contributed by atoms with van der Waals surface area (Å²) >= 11 is 0. The van der Waals surface area contributed by atoms with Gasteiger partial charge < -0.3 is 18.1 Å². The first-order chi connectivity index (χ1) is 23.5. The molecule has 0 heterocycles. The Morgan fingerprint density at radius 2 is 0.510 bits per heavy atom. The summed E-state index contributed by atoms with van der Waals surface area (Å²) in [6.07, 6.45) is 0. The Labute approximate surface area is 310 Å². The molecular weight excluding hydrogens is 674 g/mol. The number of hydrogen-bond acceptors (Lipinski definition) is 6. The van der Waals surface area contributed by atoms with Crippen LogP contribution in [-0.4, -0.2) is 5.79 Å². The Morgan fingerprint density at radius 1 is 0.314 bits per heavy atom. The van der Waals surface area contributed by atoms with Crippen LogP contribution < -0.4 is 18.1 Å². The predicted molar refractivity (Wildman–Crippen MR) is 213 cm³/mol. The second-order valence-electron chi connectivity index (χ2n) is 17.4. The number of benzene rings is 4. The van der Waals surface area contributed by atoms with E-state index in [-0.39, 0.29) is 21.7 Å². The fraction of sp³-hybridized carbons (Fsp3) is 0.442. The van der Waals surface area contributed by atoms with Crippen LogP contribution in [0.15, 0.2) is 97.1 Å². The summed E-state index contributed by atoms with van der Waals surface area (Å²) in [6, 6.07) is 32.1. The van der Waals surface area contributed by atoms with Crippen LogP contribution in [-0.2, 0) is 30.7 Å². The van der Waals surface area contributed by atoms with Crippen LogP contribution in [0, 0.1) is 0 Å². The minimum Gasteiger partial charge on any atom is -0.417 e. The molecule has 0 bridgehead atoms. The van der Waals surface area contributed by atoms with E-state index in [0.717, 1.165) is 22.3 Å². The van der Waals surface area contributed by atoms with Crippen LogP contribution in [0.5, 0.6) is 23.0 Å². The summed E-state index contributed by atoms with van der Waals surface area (Å²) < 4.78 is 40.2. The van der Waals surface area contributed by atoms with Crippen LogP contribution in [0.3, 0.4) is 0 Å². The lowest BCUT2D eigenvalue weighted by molar-refractivity contribution is -0.0888. The Kier molecular flexibility index (Phi) is 12.6. The van der Waals surface area contributed by atoms with E-state index < -0.39 is 23.0 Å². The van der Waals surface area contributed by atoms with E-state index >= 15 is 0 Å². The van der Waals surface area contributed by atoms with Gasteiger partial charge in [0, 0.05) is 22.3 Å². The van der Waals surface area contributed by atoms with E-state index in [2.05, 4.69) is 107 Å². The molecule has 6 nitrogen and oxygen atoms in total. The molecule has 0 aliphatic carbocycles. The van der Waals surface area contributed by atoms with Gasteiger partial charge in [0.25, 0.3) is 0 Å². The van der Waals surface area contributed by atoms with Crippen molar-refractivity contribution < 1.29 is 27.1 Å². The van der Waals surface area contributed by atoms with Gasteiger partial charge in [-0.3, -0.25) is 9.05 Å². The van der Waals surface area contributed by atoms with Crippen molar-refractivity contribution in [2.75, 3.05) is 0 Å². The highest BCUT2D eigenvalue weighted by Gasteiger charge is 2.38. The van der Waals surface area contributed by atoms with Crippen molar-refractivity contribution in [1.29, 1.82) is 0 Å². The van der Waals surface area contributed by atoms with Gasteiger partial charge in [0.1, 0.15) is 23.0 Å². The van der Waals surface area contributed by atoms with Crippen molar-refractivity contribution in [3.05, 3.63) is 119 Å². The zero-order valence-electron chi connectivity index (χ0n) is 33.1. The monoisotopic (exact) mass is 732 g/mol. The van der Waals surface area contributed by atoms with Crippen LogP contribution in [0.4, 0.5) is 0 Å². The van der Waals surface area contributed by atoms with Gasteiger partial charge in [0.15, 0.2) is 5.79 Å². The standard InChI is InChI=1S/C43H58O6P2/c1-39(2,3)31-23-15-19-27-35(31)44-50(45-36-28-20-16-24-32(36)40(4,5)6)48-43(13,14)49-51(46-37-29-21-17-25-33(37)41(7,8)9)47-38-30-22-18-26-34(38)42(10,11)12/h15-30H,1-14H3. The van der Waals surface area contributed by atoms with E-state index in [4.69, 9.17) is 27.1 Å². The highest BCUT2D eigenvalue weighted by Crippen LogP contribution is 2.54. The number of rotatable bonds is 12. The Balaban J connectivity index is 1.75. The molecule has 0 spiro atoms. The third-order valence-corrected chi connectivity index (χ3v) is 10.6. The average Bonchev–Trinajstić information content (AvgIpc) is 2.99. The molecule has 0 saturated heterocycles. The van der Waals surface area contributed by atoms with Crippen molar-refractivity contribution in [2.45, 2.75) is 124 Å². The predicted octanol–water partition coefficient (Wildman–Crippen LogP) is 13.7. The van der Waals surface area contributed by atoms with Crippen molar-refractivity contribution >= 4 is 17.2 Å². The third kappa shape index (κ3) is 11.4. The molecule has 0 unspecified atom stereocenters. The fourth-order valence-corrected chi connectivity index (χ4v) is 7.83. The van der Waals surface area contributed by atoms with Gasteiger partial charge >= 0.3 is 17.2 Å². The van der Waals surface area contributed by atoms with E-state index in [1.54, 1.807) is 0 Å². The minimum absolute atomic E-state index is 0.177. The summed E-state index contributed by atoms with van der Waals surface area (Å²) in [5.41, 5.74) is 3.46. The molecule has 0 amide bonds. The van der Waals surface area contributed by atoms with Crippen LogP contribution in [0.1, 0.15) is 119 Å². The fourth-order valence-electron chi connectivity index (χ4n) is 5.47. The normalized spacial score (nSPS) is 13.0. The zero-order valence-corrected chi connectivity index (χ0v) is 34.9. The summed E-state index contributed by atoms with van der Waals surface area (Å²) in [6.45, 7) is 29.6. The average molecular weight is 733 g/mol. The maximum absolute atomic E-state index is 6.74. The highest BCUT2D eigenvalue weighted by atomic mass is 31.2. The Morgan fingerprint density at radius 3 is 0.706 bits per heavy atom. The van der Waals surface area contributed by atoms with E-state index in [0.29, 0.717) is 23.0 Å². The molecule has 4 aromatic carbocycles. The van der Waals surface area contributed by atoms with E-state index in [1.165, 1.54) is 0 Å². The van der Waals surface area contributed by atoms with Crippen molar-refractivity contribution in [1.82, 2.24) is 0 Å². The summed E-state index contributed by atoms with van der Waals surface area (Å²) in [7, 11) is -4.10. The molecular formula is C43H58O6P2. The van der Waals surface area contributed by atoms with Gasteiger partial charge in [-0.05, 0) is 59.8 Å². The van der Waals surface area contributed by atoms with Crippen molar-refractivity contribution in [2.24, 2.45) is 0 Å². The first-order valence-electron chi connectivity index (χ1n) is 17.6. The molecule has 0 saturated carbocycles. The maximum atomic E-state index is 6.74. The van der Waals surface area contributed by atoms with Crippen LogP contribution in [0.2, 0.25) is 0 Å². The van der Waals surface area contributed by atoms with Gasteiger partial charge in [-0.1, -0.05) is 156 Å². The molecule has 0 N–H and O–H groups in total. The van der Waals surface area contributed by atoms with Gasteiger partial charge in [-0.2, -0.15) is 0 Å². The molecule has 4 aromatic rings. The molecule has 4 rings (SSSR count). The molecule has 51 heavy (non-hydrogen) atoms.